The first kappa shape index (κ1) is 32.1. The number of thioether (sulfide) groups is 1. The van der Waals surface area contributed by atoms with E-state index in [9.17, 15) is 19.5 Å². The smallest absolute Gasteiger partial charge is 0.310 e. The zero-order valence-electron chi connectivity index (χ0n) is 23.6. The predicted octanol–water partition coefficient (Wildman–Crippen LogP) is 5.69. The van der Waals surface area contributed by atoms with Gasteiger partial charge in [0.2, 0.25) is 5.91 Å². The number of para-hydroxylation sites is 1. The van der Waals surface area contributed by atoms with E-state index in [0.29, 0.717) is 43.1 Å². The minimum absolute atomic E-state index is 0.0330. The average Bonchev–Trinajstić information content (AvgIpc) is 3.53. The third kappa shape index (κ3) is 6.15. The molecule has 3 aliphatic rings. The molecule has 7 nitrogen and oxygen atoms in total. The Balaban J connectivity index is 1.70. The molecule has 0 aliphatic carbocycles. The molecule has 0 radical (unpaired) electrons. The number of hydrogen-bond donors (Lipinski definition) is 1. The Kier molecular flexibility index (Phi) is 11.0. The minimum Gasteiger partial charge on any atom is -0.465 e. The molecule has 3 unspecified atom stereocenters. The van der Waals surface area contributed by atoms with Crippen molar-refractivity contribution in [1.29, 1.82) is 0 Å². The van der Waals surface area contributed by atoms with Crippen LogP contribution in [-0.4, -0.2) is 75.0 Å². The van der Waals surface area contributed by atoms with Crippen molar-refractivity contribution in [2.45, 2.75) is 72.7 Å². The van der Waals surface area contributed by atoms with Gasteiger partial charge >= 0.3 is 5.97 Å². The number of esters is 1. The third-order valence-electron chi connectivity index (χ3n) is 8.44. The van der Waals surface area contributed by atoms with Crippen molar-refractivity contribution in [2.24, 2.45) is 11.8 Å². The number of fused-ring (bicyclic) bond motifs is 1. The summed E-state index contributed by atoms with van der Waals surface area (Å²) in [5, 5.41) is 9.58. The van der Waals surface area contributed by atoms with E-state index < -0.39 is 22.6 Å². The van der Waals surface area contributed by atoms with Crippen molar-refractivity contribution in [2.75, 3.05) is 31.2 Å². The molecular formula is C31H40BrClN2O5S. The lowest BCUT2D eigenvalue weighted by Gasteiger charge is -2.38. The van der Waals surface area contributed by atoms with Gasteiger partial charge in [0.05, 0.1) is 33.9 Å². The van der Waals surface area contributed by atoms with Gasteiger partial charge < -0.3 is 19.6 Å². The number of nitrogens with zero attached hydrogens (tertiary/aromatic N) is 2. The summed E-state index contributed by atoms with van der Waals surface area (Å²) in [4.78, 5) is 45.8. The summed E-state index contributed by atoms with van der Waals surface area (Å²) in [6.07, 6.45) is 8.57. The maximum absolute atomic E-state index is 14.7. The van der Waals surface area contributed by atoms with Gasteiger partial charge in [0.1, 0.15) is 6.04 Å². The van der Waals surface area contributed by atoms with Crippen molar-refractivity contribution in [3.8, 4) is 0 Å². The number of carbonyl (C=O) groups is 3. The highest BCUT2D eigenvalue weighted by molar-refractivity contribution is 9.09. The Morgan fingerprint density at radius 3 is 2.71 bits per heavy atom. The molecule has 4 rings (SSSR count). The molecule has 1 aromatic rings. The van der Waals surface area contributed by atoms with Gasteiger partial charge in [-0.25, -0.2) is 0 Å². The van der Waals surface area contributed by atoms with E-state index in [2.05, 4.69) is 29.1 Å². The van der Waals surface area contributed by atoms with E-state index in [-0.39, 0.29) is 41.0 Å². The van der Waals surface area contributed by atoms with Gasteiger partial charge in [0.15, 0.2) is 0 Å². The van der Waals surface area contributed by atoms with Gasteiger partial charge in [-0.1, -0.05) is 51.8 Å². The van der Waals surface area contributed by atoms with Crippen molar-refractivity contribution < 1.29 is 24.2 Å². The Labute approximate surface area is 260 Å². The number of carbonyl (C=O) groups excluding carboxylic acids is 3. The fraction of sp³-hybridized carbons (Fsp3) is 0.581. The Morgan fingerprint density at radius 1 is 1.24 bits per heavy atom. The minimum atomic E-state index is -0.773. The van der Waals surface area contributed by atoms with Crippen LogP contribution in [0.5, 0.6) is 0 Å². The second kappa shape index (κ2) is 14.1. The number of aliphatic hydroxyl groups excluding tert-OH is 1. The molecule has 2 amide bonds. The van der Waals surface area contributed by atoms with Crippen molar-refractivity contribution >= 4 is 62.8 Å². The number of aryl methyl sites for hydroxylation is 1. The maximum atomic E-state index is 14.7. The SMILES string of the molecule is C=CCCCCOC(=O)[C@H]1[C@H]2C(=O)N(CCCCCO)C(C(=O)N(CC=C)c3c(C)cccc3Cl)C23CC(Br)[C@@H]1S3. The van der Waals surface area contributed by atoms with Crippen molar-refractivity contribution in [3.05, 3.63) is 54.1 Å². The molecule has 1 spiro atoms. The van der Waals surface area contributed by atoms with Crippen LogP contribution in [0.4, 0.5) is 5.69 Å². The van der Waals surface area contributed by atoms with Crippen LogP contribution in [0.15, 0.2) is 43.5 Å². The number of ether oxygens (including phenoxy) is 1. The largest absolute Gasteiger partial charge is 0.465 e. The molecule has 6 atom stereocenters. The summed E-state index contributed by atoms with van der Waals surface area (Å²) < 4.78 is 4.95. The molecule has 41 heavy (non-hydrogen) atoms. The highest BCUT2D eigenvalue weighted by Crippen LogP contribution is 2.68. The lowest BCUT2D eigenvalue weighted by Crippen LogP contribution is -2.55. The average molecular weight is 668 g/mol. The maximum Gasteiger partial charge on any atom is 0.310 e. The van der Waals surface area contributed by atoms with Crippen LogP contribution >= 0.6 is 39.3 Å². The first-order chi connectivity index (χ1) is 19.7. The summed E-state index contributed by atoms with van der Waals surface area (Å²) in [5.41, 5.74) is 1.45. The molecule has 0 saturated carbocycles. The fourth-order valence-electron chi connectivity index (χ4n) is 6.68. The van der Waals surface area contributed by atoms with Gasteiger partial charge in [0.25, 0.3) is 5.91 Å². The first-order valence-corrected chi connectivity index (χ1v) is 16.6. The second-order valence-electron chi connectivity index (χ2n) is 11.1. The molecular weight excluding hydrogens is 628 g/mol. The molecule has 0 aromatic heterocycles. The van der Waals surface area contributed by atoms with Gasteiger partial charge in [-0.3, -0.25) is 14.4 Å². The number of amides is 2. The summed E-state index contributed by atoms with van der Waals surface area (Å²) in [6, 6.07) is 4.73. The molecule has 3 heterocycles. The van der Waals surface area contributed by atoms with Gasteiger partial charge in [-0.05, 0) is 63.5 Å². The molecule has 1 N–H and O–H groups in total. The van der Waals surface area contributed by atoms with E-state index in [0.717, 1.165) is 31.2 Å². The highest BCUT2D eigenvalue weighted by Gasteiger charge is 2.76. The predicted molar refractivity (Wildman–Crippen MR) is 169 cm³/mol. The topological polar surface area (TPSA) is 87.1 Å². The van der Waals surface area contributed by atoms with Crippen LogP contribution < -0.4 is 4.90 Å². The van der Waals surface area contributed by atoms with Gasteiger partial charge in [-0.15, -0.1) is 24.9 Å². The molecule has 2 bridgehead atoms. The molecule has 3 aliphatic heterocycles. The lowest BCUT2D eigenvalue weighted by molar-refractivity contribution is -0.154. The van der Waals surface area contributed by atoms with E-state index in [1.54, 1.807) is 33.7 Å². The summed E-state index contributed by atoms with van der Waals surface area (Å²) in [7, 11) is 0. The number of aliphatic hydroxyl groups is 1. The van der Waals surface area contributed by atoms with E-state index >= 15 is 0 Å². The van der Waals surface area contributed by atoms with Crippen molar-refractivity contribution in [3.63, 3.8) is 0 Å². The number of rotatable bonds is 15. The van der Waals surface area contributed by atoms with Gasteiger partial charge in [-0.2, -0.15) is 0 Å². The van der Waals surface area contributed by atoms with E-state index in [1.807, 2.05) is 25.1 Å². The zero-order valence-corrected chi connectivity index (χ0v) is 26.8. The fourth-order valence-corrected chi connectivity index (χ4v) is 10.6. The second-order valence-corrected chi connectivity index (χ2v) is 14.2. The number of benzene rings is 1. The standard InChI is InChI=1S/C31H40BrClN2O5S/c1-4-6-7-11-18-40-30(39)23-24-28(37)35(16-9-8-10-17-36)27(31(24)19-21(32)26(23)41-31)29(38)34(15-5-2)25-20(3)13-12-14-22(25)33/h4-5,12-14,21,23-24,26-27,36H,1-2,6-11,15-19H2,3H3/t21?,23-,24-,26-,27?,31?/m0/s1. The Morgan fingerprint density at radius 2 is 2.02 bits per heavy atom. The number of anilines is 1. The quantitative estimate of drug-likeness (QED) is 0.112. The van der Waals surface area contributed by atoms with Crippen LogP contribution in [0, 0.1) is 18.8 Å². The van der Waals surface area contributed by atoms with E-state index in [4.69, 9.17) is 16.3 Å². The molecule has 224 valence electrons. The Hall–Kier alpha value is -1.81. The lowest BCUT2D eigenvalue weighted by atomic mass is 9.71. The number of halogens is 2. The normalized spacial score (nSPS) is 28.0. The summed E-state index contributed by atoms with van der Waals surface area (Å²) in [6.45, 7) is 10.5. The van der Waals surface area contributed by atoms with Crippen LogP contribution in [0.1, 0.15) is 50.5 Å². The third-order valence-corrected chi connectivity index (χ3v) is 12.0. The Bertz CT molecular complexity index is 1150. The summed E-state index contributed by atoms with van der Waals surface area (Å²) >= 11 is 12.0. The number of likely N-dealkylation sites (tertiary alicyclic amines) is 1. The van der Waals surface area contributed by atoms with E-state index in [1.165, 1.54) is 0 Å². The van der Waals surface area contributed by atoms with Crippen LogP contribution in [0.25, 0.3) is 0 Å². The zero-order chi connectivity index (χ0) is 29.7. The molecule has 3 fully saturated rings. The monoisotopic (exact) mass is 666 g/mol. The molecule has 10 heteroatoms. The number of unbranched alkanes of at least 4 members (excludes halogenated alkanes) is 4. The number of allylic oxidation sites excluding steroid dienone is 1. The molecule has 1 aromatic carbocycles. The van der Waals surface area contributed by atoms with Gasteiger partial charge in [0, 0.05) is 29.8 Å². The highest BCUT2D eigenvalue weighted by atomic mass is 79.9. The summed E-state index contributed by atoms with van der Waals surface area (Å²) in [5.74, 6) is -2.01. The number of alkyl halides is 1. The first-order valence-electron chi connectivity index (χ1n) is 14.4. The van der Waals surface area contributed by atoms with Crippen molar-refractivity contribution in [1.82, 2.24) is 4.90 Å². The number of hydrogen-bond acceptors (Lipinski definition) is 6. The molecule has 3 saturated heterocycles. The van der Waals surface area contributed by atoms with Crippen LogP contribution in [0.3, 0.4) is 0 Å². The van der Waals surface area contributed by atoms with Crippen LogP contribution in [0.2, 0.25) is 5.02 Å². The van der Waals surface area contributed by atoms with Crippen LogP contribution in [-0.2, 0) is 19.1 Å².